The molecule has 1 aliphatic heterocycles. The number of carbonyl (C=O) groups excluding carboxylic acids is 5. The normalized spacial score (nSPS) is 21.7. The summed E-state index contributed by atoms with van der Waals surface area (Å²) in [5.74, 6) is -6.88. The van der Waals surface area contributed by atoms with Gasteiger partial charge in [-0.1, -0.05) is 19.4 Å². The van der Waals surface area contributed by atoms with E-state index in [0.717, 1.165) is 18.6 Å². The lowest BCUT2D eigenvalue weighted by atomic mass is 9.77. The van der Waals surface area contributed by atoms with E-state index in [0.29, 0.717) is 6.42 Å². The third kappa shape index (κ3) is 8.45. The van der Waals surface area contributed by atoms with E-state index < -0.39 is 87.6 Å². The minimum atomic E-state index is -2.98. The summed E-state index contributed by atoms with van der Waals surface area (Å²) < 4.78 is 16.2. The molecule has 2 aromatic carbocycles. The van der Waals surface area contributed by atoms with E-state index in [1.54, 1.807) is 0 Å². The minimum absolute atomic E-state index is 0.0234. The third-order valence-electron chi connectivity index (χ3n) is 7.74. The molecule has 0 aromatic heterocycles. The van der Waals surface area contributed by atoms with Crippen molar-refractivity contribution in [2.75, 3.05) is 19.7 Å². The SMILES string of the molecule is CCCCOC(=O)c1cccc(O)c1C(O)=C1C(=O)C=C(C(=O)O[C@@H]2CNC[C@H]2NC(=O)c2ccc(O)cc2)CC1(O)C(=O)OC(C)(C)C. The lowest BCUT2D eigenvalue weighted by molar-refractivity contribution is -0.174. The number of hydrogen-bond acceptors (Lipinski definition) is 13. The molecule has 262 valence electrons. The number of aromatic hydroxyl groups is 2. The van der Waals surface area contributed by atoms with Crippen LogP contribution in [0, 0.1) is 0 Å². The Kier molecular flexibility index (Phi) is 11.1. The van der Waals surface area contributed by atoms with Crippen LogP contribution in [-0.2, 0) is 28.6 Å². The number of allylic oxidation sites excluding steroid dienone is 1. The number of benzene rings is 2. The summed E-state index contributed by atoms with van der Waals surface area (Å²) in [7, 11) is 0. The largest absolute Gasteiger partial charge is 0.508 e. The Morgan fingerprint density at radius 2 is 1.71 bits per heavy atom. The number of ketones is 1. The lowest BCUT2D eigenvalue weighted by Gasteiger charge is -2.34. The van der Waals surface area contributed by atoms with Gasteiger partial charge in [-0.2, -0.15) is 0 Å². The Morgan fingerprint density at radius 3 is 2.37 bits per heavy atom. The van der Waals surface area contributed by atoms with E-state index in [2.05, 4.69) is 10.6 Å². The van der Waals surface area contributed by atoms with Crippen LogP contribution in [0.1, 0.15) is 73.2 Å². The standard InChI is InChI=1S/C35H40N2O12/c1-5-6-14-47-32(44)22-8-7-9-24(39)27(22)29(41)28-25(40)15-20(16-35(28,46)33(45)49-34(2,3)4)31(43)48-26-18-36-17-23(26)37-30(42)19-10-12-21(38)13-11-19/h7-13,15,23,26,36,38-39,41,46H,5-6,14,16-18H2,1-4H3,(H,37,42)/t23-,26-,35?/m1/s1. The predicted octanol–water partition coefficient (Wildman–Crippen LogP) is 2.61. The number of nitrogens with one attached hydrogen (secondary N) is 2. The molecule has 1 saturated heterocycles. The van der Waals surface area contributed by atoms with Crippen LogP contribution in [0.5, 0.6) is 11.5 Å². The number of aliphatic hydroxyl groups excluding tert-OH is 1. The van der Waals surface area contributed by atoms with Crippen LogP contribution < -0.4 is 10.6 Å². The van der Waals surface area contributed by atoms with E-state index in [9.17, 15) is 44.4 Å². The molecule has 1 heterocycles. The lowest BCUT2D eigenvalue weighted by Crippen LogP contribution is -2.50. The van der Waals surface area contributed by atoms with Crippen molar-refractivity contribution >= 4 is 35.4 Å². The van der Waals surface area contributed by atoms with Gasteiger partial charge in [-0.25, -0.2) is 14.4 Å². The maximum absolute atomic E-state index is 13.7. The highest BCUT2D eigenvalue weighted by Crippen LogP contribution is 2.40. The van der Waals surface area contributed by atoms with Crippen LogP contribution >= 0.6 is 0 Å². The summed E-state index contributed by atoms with van der Waals surface area (Å²) in [6, 6.07) is 8.48. The Hall–Kier alpha value is -5.21. The molecule has 2 aromatic rings. The minimum Gasteiger partial charge on any atom is -0.508 e. The number of aliphatic hydroxyl groups is 2. The van der Waals surface area contributed by atoms with E-state index in [1.807, 2.05) is 6.92 Å². The Labute approximate surface area is 282 Å². The molecule has 0 saturated carbocycles. The maximum Gasteiger partial charge on any atom is 0.344 e. The monoisotopic (exact) mass is 680 g/mol. The fourth-order valence-electron chi connectivity index (χ4n) is 5.30. The quantitative estimate of drug-likeness (QED) is 0.0700. The van der Waals surface area contributed by atoms with Gasteiger partial charge >= 0.3 is 17.9 Å². The van der Waals surface area contributed by atoms with Gasteiger partial charge in [-0.05, 0) is 69.7 Å². The first-order chi connectivity index (χ1) is 23.1. The van der Waals surface area contributed by atoms with E-state index >= 15 is 0 Å². The molecule has 0 spiro atoms. The van der Waals surface area contributed by atoms with Crippen molar-refractivity contribution in [1.82, 2.24) is 10.6 Å². The van der Waals surface area contributed by atoms with Crippen molar-refractivity contribution in [3.05, 3.63) is 76.4 Å². The average molecular weight is 681 g/mol. The van der Waals surface area contributed by atoms with Gasteiger partial charge in [0.1, 0.15) is 29.0 Å². The van der Waals surface area contributed by atoms with Crippen molar-refractivity contribution in [2.24, 2.45) is 0 Å². The molecule has 2 aliphatic rings. The molecule has 14 nitrogen and oxygen atoms in total. The summed E-state index contributed by atoms with van der Waals surface area (Å²) in [5, 5.41) is 49.3. The second kappa shape index (κ2) is 14.9. The second-order valence-corrected chi connectivity index (χ2v) is 12.7. The summed E-state index contributed by atoms with van der Waals surface area (Å²) in [6.45, 7) is 6.77. The van der Waals surface area contributed by atoms with Crippen LogP contribution in [0.25, 0.3) is 5.76 Å². The number of phenols is 2. The van der Waals surface area contributed by atoms with Gasteiger partial charge in [0.2, 0.25) is 0 Å². The number of ether oxygens (including phenoxy) is 3. The number of phenolic OH excluding ortho intramolecular Hbond substituents is 2. The molecule has 6 N–H and O–H groups in total. The van der Waals surface area contributed by atoms with Gasteiger partial charge < -0.3 is 45.3 Å². The van der Waals surface area contributed by atoms with Crippen molar-refractivity contribution in [3.8, 4) is 11.5 Å². The van der Waals surface area contributed by atoms with E-state index in [1.165, 1.54) is 57.2 Å². The first kappa shape index (κ1) is 36.6. The Balaban J connectivity index is 1.68. The summed E-state index contributed by atoms with van der Waals surface area (Å²) in [5.41, 5.74) is -6.23. The van der Waals surface area contributed by atoms with Crippen LogP contribution in [0.4, 0.5) is 0 Å². The number of unbranched alkanes of at least 4 members (excludes halogenated alkanes) is 1. The second-order valence-electron chi connectivity index (χ2n) is 12.7. The molecule has 0 bridgehead atoms. The first-order valence-corrected chi connectivity index (χ1v) is 15.7. The number of rotatable bonds is 10. The van der Waals surface area contributed by atoms with Crippen LogP contribution in [0.2, 0.25) is 0 Å². The summed E-state index contributed by atoms with van der Waals surface area (Å²) >= 11 is 0. The third-order valence-corrected chi connectivity index (χ3v) is 7.74. The van der Waals surface area contributed by atoms with Gasteiger partial charge in [-0.15, -0.1) is 0 Å². The van der Waals surface area contributed by atoms with Crippen LogP contribution in [0.15, 0.2) is 59.7 Å². The fourth-order valence-corrected chi connectivity index (χ4v) is 5.30. The van der Waals surface area contributed by atoms with E-state index in [-0.39, 0.29) is 36.6 Å². The average Bonchev–Trinajstić information content (AvgIpc) is 3.45. The molecular weight excluding hydrogens is 640 g/mol. The highest BCUT2D eigenvalue weighted by Gasteiger charge is 2.52. The molecular formula is C35H40N2O12. The smallest absolute Gasteiger partial charge is 0.344 e. The molecule has 4 rings (SSSR count). The van der Waals surface area contributed by atoms with Crippen molar-refractivity contribution in [1.29, 1.82) is 0 Å². The van der Waals surface area contributed by atoms with Gasteiger partial charge in [-0.3, -0.25) is 9.59 Å². The zero-order valence-corrected chi connectivity index (χ0v) is 27.6. The molecule has 3 atom stereocenters. The van der Waals surface area contributed by atoms with Gasteiger partial charge in [0.05, 0.1) is 29.3 Å². The van der Waals surface area contributed by atoms with Crippen LogP contribution in [-0.4, -0.2) is 93.1 Å². The van der Waals surface area contributed by atoms with Crippen LogP contribution in [0.3, 0.4) is 0 Å². The molecule has 1 aliphatic carbocycles. The maximum atomic E-state index is 13.7. The fraction of sp³-hybridized carbons (Fsp3) is 0.400. The van der Waals surface area contributed by atoms with Gasteiger partial charge in [0, 0.05) is 30.6 Å². The van der Waals surface area contributed by atoms with E-state index in [4.69, 9.17) is 14.2 Å². The molecule has 0 radical (unpaired) electrons. The predicted molar refractivity (Wildman–Crippen MR) is 173 cm³/mol. The molecule has 49 heavy (non-hydrogen) atoms. The van der Waals surface area contributed by atoms with Gasteiger partial charge in [0.15, 0.2) is 11.4 Å². The molecule has 1 amide bonds. The molecule has 1 unspecified atom stereocenters. The van der Waals surface area contributed by atoms with Crippen molar-refractivity contribution in [3.63, 3.8) is 0 Å². The number of carbonyl (C=O) groups is 5. The number of amides is 1. The topological polar surface area (TPSA) is 218 Å². The zero-order chi connectivity index (χ0) is 36.1. The van der Waals surface area contributed by atoms with Crippen molar-refractivity contribution < 1.29 is 58.6 Å². The highest BCUT2D eigenvalue weighted by molar-refractivity contribution is 6.19. The first-order valence-electron chi connectivity index (χ1n) is 15.7. The Morgan fingerprint density at radius 1 is 1.02 bits per heavy atom. The summed E-state index contributed by atoms with van der Waals surface area (Å²) in [6.07, 6.45) is 0.220. The highest BCUT2D eigenvalue weighted by atomic mass is 16.6. The molecule has 14 heteroatoms. The summed E-state index contributed by atoms with van der Waals surface area (Å²) in [4.78, 5) is 66.4. The Bertz CT molecular complexity index is 1690. The van der Waals surface area contributed by atoms with Crippen molar-refractivity contribution in [2.45, 2.75) is 70.3 Å². The molecule has 1 fully saturated rings. The van der Waals surface area contributed by atoms with Gasteiger partial charge in [0.25, 0.3) is 5.91 Å². The zero-order valence-electron chi connectivity index (χ0n) is 27.6. The number of hydrogen-bond donors (Lipinski definition) is 6. The number of esters is 3.